The summed E-state index contributed by atoms with van der Waals surface area (Å²) in [6, 6.07) is 13.4. The van der Waals surface area contributed by atoms with Crippen LogP contribution in [-0.2, 0) is 6.61 Å². The zero-order valence-electron chi connectivity index (χ0n) is 13.4. The van der Waals surface area contributed by atoms with Crippen molar-refractivity contribution < 1.29 is 14.0 Å². The summed E-state index contributed by atoms with van der Waals surface area (Å²) in [6.07, 6.45) is 0. The fourth-order valence-electron chi connectivity index (χ4n) is 2.12. The van der Waals surface area contributed by atoms with Crippen molar-refractivity contribution in [3.05, 3.63) is 59.5 Å². The Morgan fingerprint density at radius 3 is 2.39 bits per heavy atom. The molecule has 0 radical (unpaired) electrons. The molecule has 0 aliphatic rings. The molecule has 0 aliphatic carbocycles. The molecule has 3 aromatic rings. The van der Waals surface area contributed by atoms with E-state index >= 15 is 0 Å². The van der Waals surface area contributed by atoms with Crippen molar-refractivity contribution in [2.45, 2.75) is 20.5 Å². The number of ether oxygens (including phenoxy) is 2. The third-order valence-corrected chi connectivity index (χ3v) is 3.66. The first-order valence-electron chi connectivity index (χ1n) is 7.33. The van der Waals surface area contributed by atoms with E-state index in [1.165, 1.54) is 11.1 Å². The Morgan fingerprint density at radius 1 is 0.957 bits per heavy atom. The van der Waals surface area contributed by atoms with Crippen molar-refractivity contribution in [1.82, 2.24) is 10.1 Å². The Hall–Kier alpha value is -2.82. The first-order chi connectivity index (χ1) is 11.2. The Balaban J connectivity index is 1.67. The Bertz CT molecular complexity index is 794. The molecule has 0 aliphatic heterocycles. The maximum Gasteiger partial charge on any atom is 0.264 e. The van der Waals surface area contributed by atoms with Gasteiger partial charge in [0.15, 0.2) is 6.61 Å². The zero-order valence-corrected chi connectivity index (χ0v) is 13.4. The van der Waals surface area contributed by atoms with E-state index in [2.05, 4.69) is 24.0 Å². The summed E-state index contributed by atoms with van der Waals surface area (Å²) >= 11 is 0. The van der Waals surface area contributed by atoms with Crippen LogP contribution in [0.4, 0.5) is 0 Å². The van der Waals surface area contributed by atoms with Gasteiger partial charge >= 0.3 is 0 Å². The third kappa shape index (κ3) is 3.51. The second-order valence-corrected chi connectivity index (χ2v) is 5.27. The molecule has 0 N–H and O–H groups in total. The van der Waals surface area contributed by atoms with Crippen molar-refractivity contribution in [2.24, 2.45) is 0 Å². The molecule has 2 aromatic carbocycles. The van der Waals surface area contributed by atoms with Gasteiger partial charge in [0.05, 0.1) is 7.11 Å². The van der Waals surface area contributed by atoms with Gasteiger partial charge in [-0.1, -0.05) is 11.2 Å². The number of benzene rings is 2. The SMILES string of the molecule is COc1ccc(-c2noc(COc3ccc(C)c(C)c3)n2)cc1. The standard InChI is InChI=1S/C18H18N2O3/c1-12-4-7-16(10-13(12)2)22-11-17-19-18(20-23-17)14-5-8-15(21-3)9-6-14/h4-10H,11H2,1-3H3. The van der Waals surface area contributed by atoms with Crippen LogP contribution in [0.3, 0.4) is 0 Å². The lowest BCUT2D eigenvalue weighted by Crippen LogP contribution is -1.96. The molecule has 3 rings (SSSR count). The number of rotatable bonds is 5. The summed E-state index contributed by atoms with van der Waals surface area (Å²) in [7, 11) is 1.63. The molecule has 0 amide bonds. The van der Waals surface area contributed by atoms with E-state index in [0.29, 0.717) is 11.7 Å². The van der Waals surface area contributed by atoms with Crippen molar-refractivity contribution in [1.29, 1.82) is 0 Å². The normalized spacial score (nSPS) is 10.6. The zero-order chi connectivity index (χ0) is 16.2. The number of hydrogen-bond donors (Lipinski definition) is 0. The van der Waals surface area contributed by atoms with E-state index in [1.54, 1.807) is 7.11 Å². The first kappa shape index (κ1) is 15.1. The minimum atomic E-state index is 0.242. The predicted molar refractivity (Wildman–Crippen MR) is 86.5 cm³/mol. The third-order valence-electron chi connectivity index (χ3n) is 3.66. The molecular formula is C18H18N2O3. The van der Waals surface area contributed by atoms with Crippen molar-refractivity contribution >= 4 is 0 Å². The highest BCUT2D eigenvalue weighted by Crippen LogP contribution is 2.21. The van der Waals surface area contributed by atoms with Gasteiger partial charge in [-0.25, -0.2) is 0 Å². The number of aromatic nitrogens is 2. The van der Waals surface area contributed by atoms with Gasteiger partial charge in [0.25, 0.3) is 5.89 Å². The summed E-state index contributed by atoms with van der Waals surface area (Å²) in [4.78, 5) is 4.35. The molecule has 1 aromatic heterocycles. The van der Waals surface area contributed by atoms with Crippen LogP contribution >= 0.6 is 0 Å². The molecule has 0 bridgehead atoms. The number of aryl methyl sites for hydroxylation is 2. The molecular weight excluding hydrogens is 292 g/mol. The fraction of sp³-hybridized carbons (Fsp3) is 0.222. The van der Waals surface area contributed by atoms with Gasteiger partial charge in [0, 0.05) is 5.56 Å². The Labute approximate surface area is 134 Å². The topological polar surface area (TPSA) is 57.4 Å². The second-order valence-electron chi connectivity index (χ2n) is 5.27. The molecule has 5 heteroatoms. The summed E-state index contributed by atoms with van der Waals surface area (Å²) in [5.41, 5.74) is 3.29. The summed E-state index contributed by atoms with van der Waals surface area (Å²) in [5.74, 6) is 2.55. The number of nitrogens with zero attached hydrogens (tertiary/aromatic N) is 2. The van der Waals surface area contributed by atoms with Crippen LogP contribution in [0.15, 0.2) is 47.0 Å². The lowest BCUT2D eigenvalue weighted by Gasteiger charge is -2.05. The highest BCUT2D eigenvalue weighted by molar-refractivity contribution is 5.55. The van der Waals surface area contributed by atoms with E-state index in [4.69, 9.17) is 14.0 Å². The molecule has 1 heterocycles. The van der Waals surface area contributed by atoms with Gasteiger partial charge in [-0.15, -0.1) is 0 Å². The fourth-order valence-corrected chi connectivity index (χ4v) is 2.12. The molecule has 0 saturated heterocycles. The molecule has 5 nitrogen and oxygen atoms in total. The van der Waals surface area contributed by atoms with Gasteiger partial charge < -0.3 is 14.0 Å². The van der Waals surface area contributed by atoms with E-state index in [9.17, 15) is 0 Å². The number of hydrogen-bond acceptors (Lipinski definition) is 5. The molecule has 0 spiro atoms. The highest BCUT2D eigenvalue weighted by atomic mass is 16.5. The van der Waals surface area contributed by atoms with Crippen LogP contribution in [0.2, 0.25) is 0 Å². The highest BCUT2D eigenvalue weighted by Gasteiger charge is 2.09. The minimum absolute atomic E-state index is 0.242. The minimum Gasteiger partial charge on any atom is -0.497 e. The van der Waals surface area contributed by atoms with Crippen molar-refractivity contribution in [3.8, 4) is 22.9 Å². The molecule has 23 heavy (non-hydrogen) atoms. The average molecular weight is 310 g/mol. The van der Waals surface area contributed by atoms with Gasteiger partial charge in [-0.05, 0) is 61.4 Å². The molecule has 0 atom stereocenters. The smallest absolute Gasteiger partial charge is 0.264 e. The molecule has 0 fully saturated rings. The van der Waals surface area contributed by atoms with Gasteiger partial charge in [0.1, 0.15) is 11.5 Å². The maximum atomic E-state index is 5.70. The second kappa shape index (κ2) is 6.52. The van der Waals surface area contributed by atoms with Crippen LogP contribution in [0.5, 0.6) is 11.5 Å². The predicted octanol–water partition coefficient (Wildman–Crippen LogP) is 3.94. The molecule has 0 unspecified atom stereocenters. The average Bonchev–Trinajstić information content (AvgIpc) is 3.05. The van der Waals surface area contributed by atoms with Gasteiger partial charge in [0.2, 0.25) is 5.82 Å². The summed E-state index contributed by atoms with van der Waals surface area (Å²) < 4.78 is 16.1. The first-order valence-corrected chi connectivity index (χ1v) is 7.33. The van der Waals surface area contributed by atoms with E-state index in [0.717, 1.165) is 17.1 Å². The quantitative estimate of drug-likeness (QED) is 0.714. The lowest BCUT2D eigenvalue weighted by molar-refractivity contribution is 0.243. The van der Waals surface area contributed by atoms with Crippen LogP contribution in [0.1, 0.15) is 17.0 Å². The summed E-state index contributed by atoms with van der Waals surface area (Å²) in [5, 5.41) is 3.98. The lowest BCUT2D eigenvalue weighted by atomic mass is 10.1. The maximum absolute atomic E-state index is 5.70. The van der Waals surface area contributed by atoms with E-state index in [1.807, 2.05) is 42.5 Å². The largest absolute Gasteiger partial charge is 0.497 e. The van der Waals surface area contributed by atoms with Crippen LogP contribution in [0.25, 0.3) is 11.4 Å². The molecule has 118 valence electrons. The van der Waals surface area contributed by atoms with Crippen molar-refractivity contribution in [3.63, 3.8) is 0 Å². The monoisotopic (exact) mass is 310 g/mol. The molecule has 0 saturated carbocycles. The van der Waals surface area contributed by atoms with Gasteiger partial charge in [-0.2, -0.15) is 4.98 Å². The van der Waals surface area contributed by atoms with E-state index in [-0.39, 0.29) is 6.61 Å². The Morgan fingerprint density at radius 2 is 1.70 bits per heavy atom. The summed E-state index contributed by atoms with van der Waals surface area (Å²) in [6.45, 7) is 4.36. The van der Waals surface area contributed by atoms with Crippen molar-refractivity contribution in [2.75, 3.05) is 7.11 Å². The van der Waals surface area contributed by atoms with Crippen LogP contribution < -0.4 is 9.47 Å². The Kier molecular flexibility index (Phi) is 4.28. The van der Waals surface area contributed by atoms with E-state index < -0.39 is 0 Å². The van der Waals surface area contributed by atoms with Crippen LogP contribution in [0, 0.1) is 13.8 Å². The van der Waals surface area contributed by atoms with Crippen LogP contribution in [-0.4, -0.2) is 17.3 Å². The van der Waals surface area contributed by atoms with Gasteiger partial charge in [-0.3, -0.25) is 0 Å². The number of methoxy groups -OCH3 is 1.